The van der Waals surface area contributed by atoms with Gasteiger partial charge in [0.05, 0.1) is 11.9 Å². The van der Waals surface area contributed by atoms with Gasteiger partial charge in [-0.15, -0.1) is 0 Å². The molecule has 82 valence electrons. The smallest absolute Gasteiger partial charge is 0.145 e. The van der Waals surface area contributed by atoms with E-state index in [1.165, 1.54) is 5.56 Å². The fourth-order valence-electron chi connectivity index (χ4n) is 1.48. The first-order valence-corrected chi connectivity index (χ1v) is 5.47. The van der Waals surface area contributed by atoms with Gasteiger partial charge < -0.3 is 4.42 Å². The number of hydrogen-bond acceptors (Lipinski definition) is 2. The molecule has 1 heterocycles. The Labute approximate surface area is 95.6 Å². The van der Waals surface area contributed by atoms with Crippen molar-refractivity contribution in [1.29, 1.82) is 0 Å². The molecule has 0 aliphatic carbocycles. The zero-order valence-corrected chi connectivity index (χ0v) is 9.60. The predicted octanol–water partition coefficient (Wildman–Crippen LogP) is 3.90. The highest BCUT2D eigenvalue weighted by atomic mass is 16.3. The lowest BCUT2D eigenvalue weighted by atomic mass is 10.1. The maximum atomic E-state index is 5.40. The van der Waals surface area contributed by atoms with E-state index >= 15 is 0 Å². The van der Waals surface area contributed by atoms with Crippen molar-refractivity contribution in [3.63, 3.8) is 0 Å². The molecule has 0 radical (unpaired) electrons. The largest absolute Gasteiger partial charge is 0.460 e. The normalized spacial score (nSPS) is 11.1. The van der Waals surface area contributed by atoms with Crippen molar-refractivity contribution >= 4 is 11.9 Å². The van der Waals surface area contributed by atoms with E-state index in [1.807, 2.05) is 31.2 Å². The van der Waals surface area contributed by atoms with Crippen molar-refractivity contribution < 1.29 is 4.42 Å². The van der Waals surface area contributed by atoms with Crippen LogP contribution in [0.2, 0.25) is 0 Å². The summed E-state index contributed by atoms with van der Waals surface area (Å²) in [5.41, 5.74) is 2.28. The lowest BCUT2D eigenvalue weighted by molar-refractivity contribution is 0.528. The van der Waals surface area contributed by atoms with Gasteiger partial charge in [-0.2, -0.15) is 0 Å². The first-order chi connectivity index (χ1) is 7.78. The van der Waals surface area contributed by atoms with E-state index in [0.29, 0.717) is 0 Å². The number of aliphatic imine (C=N–C) groups is 1. The van der Waals surface area contributed by atoms with Crippen molar-refractivity contribution in [3.05, 3.63) is 53.5 Å². The SMILES string of the molecule is CCc1ccc(N=Cc2ccc(C)o2)cc1. The Balaban J connectivity index is 2.11. The molecule has 0 saturated carbocycles. The average molecular weight is 213 g/mol. The molecule has 0 spiro atoms. The summed E-state index contributed by atoms with van der Waals surface area (Å²) in [6.07, 6.45) is 2.80. The highest BCUT2D eigenvalue weighted by Gasteiger charge is 1.94. The van der Waals surface area contributed by atoms with E-state index in [1.54, 1.807) is 6.21 Å². The summed E-state index contributed by atoms with van der Waals surface area (Å²) >= 11 is 0. The maximum Gasteiger partial charge on any atom is 0.145 e. The molecule has 0 atom stereocenters. The molecule has 0 saturated heterocycles. The van der Waals surface area contributed by atoms with Gasteiger partial charge in [-0.05, 0) is 43.2 Å². The molecule has 0 fully saturated rings. The minimum Gasteiger partial charge on any atom is -0.460 e. The van der Waals surface area contributed by atoms with Crippen LogP contribution >= 0.6 is 0 Å². The summed E-state index contributed by atoms with van der Waals surface area (Å²) in [5.74, 6) is 1.69. The third-order valence-electron chi connectivity index (χ3n) is 2.45. The molecule has 0 unspecified atom stereocenters. The Hall–Kier alpha value is -1.83. The number of aryl methyl sites for hydroxylation is 2. The molecule has 2 rings (SSSR count). The van der Waals surface area contributed by atoms with Gasteiger partial charge in [-0.25, -0.2) is 0 Å². The van der Waals surface area contributed by atoms with Crippen LogP contribution in [0.15, 0.2) is 45.8 Å². The summed E-state index contributed by atoms with van der Waals surface area (Å²) in [7, 11) is 0. The van der Waals surface area contributed by atoms with Crippen molar-refractivity contribution in [3.8, 4) is 0 Å². The Morgan fingerprint density at radius 2 is 1.88 bits per heavy atom. The van der Waals surface area contributed by atoms with E-state index in [0.717, 1.165) is 23.6 Å². The summed E-state index contributed by atoms with van der Waals surface area (Å²) in [6, 6.07) is 12.1. The maximum absolute atomic E-state index is 5.40. The van der Waals surface area contributed by atoms with Crippen LogP contribution in [0.5, 0.6) is 0 Å². The number of rotatable bonds is 3. The number of hydrogen-bond donors (Lipinski definition) is 0. The Bertz CT molecular complexity index is 480. The van der Waals surface area contributed by atoms with Gasteiger partial charge in [0, 0.05) is 0 Å². The number of benzene rings is 1. The quantitative estimate of drug-likeness (QED) is 0.710. The zero-order valence-electron chi connectivity index (χ0n) is 9.60. The van der Waals surface area contributed by atoms with Crippen LogP contribution in [0.1, 0.15) is 24.0 Å². The molecule has 0 aliphatic heterocycles. The van der Waals surface area contributed by atoms with E-state index < -0.39 is 0 Å². The minimum atomic E-state index is 0.789. The van der Waals surface area contributed by atoms with E-state index in [4.69, 9.17) is 4.42 Å². The molecule has 0 N–H and O–H groups in total. The molecule has 0 bridgehead atoms. The summed E-state index contributed by atoms with van der Waals surface area (Å²) < 4.78 is 5.40. The van der Waals surface area contributed by atoms with E-state index in [-0.39, 0.29) is 0 Å². The van der Waals surface area contributed by atoms with E-state index in [2.05, 4.69) is 24.0 Å². The summed E-state index contributed by atoms with van der Waals surface area (Å²) in [5, 5.41) is 0. The van der Waals surface area contributed by atoms with Crippen LogP contribution in [-0.4, -0.2) is 6.21 Å². The highest BCUT2D eigenvalue weighted by molar-refractivity contribution is 5.78. The standard InChI is InChI=1S/C14H15NO/c1-3-12-5-7-13(8-6-12)15-10-14-9-4-11(2)16-14/h4-10H,3H2,1-2H3. The lowest BCUT2D eigenvalue weighted by Gasteiger charge is -1.96. The second-order valence-corrected chi connectivity index (χ2v) is 3.73. The second-order valence-electron chi connectivity index (χ2n) is 3.73. The van der Waals surface area contributed by atoms with Crippen LogP contribution in [0.3, 0.4) is 0 Å². The molecule has 2 nitrogen and oxygen atoms in total. The molecular formula is C14H15NO. The summed E-state index contributed by atoms with van der Waals surface area (Å²) in [6.45, 7) is 4.07. The highest BCUT2D eigenvalue weighted by Crippen LogP contribution is 2.14. The topological polar surface area (TPSA) is 25.5 Å². The van der Waals surface area contributed by atoms with Gasteiger partial charge in [0.2, 0.25) is 0 Å². The molecule has 1 aromatic heterocycles. The monoisotopic (exact) mass is 213 g/mol. The average Bonchev–Trinajstić information content (AvgIpc) is 2.73. The summed E-state index contributed by atoms with van der Waals surface area (Å²) in [4.78, 5) is 4.35. The van der Waals surface area contributed by atoms with Crippen LogP contribution < -0.4 is 0 Å². The fourth-order valence-corrected chi connectivity index (χ4v) is 1.48. The van der Waals surface area contributed by atoms with Crippen LogP contribution in [0, 0.1) is 6.92 Å². The third-order valence-corrected chi connectivity index (χ3v) is 2.45. The van der Waals surface area contributed by atoms with Gasteiger partial charge in [0.1, 0.15) is 11.5 Å². The van der Waals surface area contributed by atoms with Crippen molar-refractivity contribution in [1.82, 2.24) is 0 Å². The van der Waals surface area contributed by atoms with Gasteiger partial charge in [0.25, 0.3) is 0 Å². The Kier molecular flexibility index (Phi) is 3.20. The fraction of sp³-hybridized carbons (Fsp3) is 0.214. The lowest BCUT2D eigenvalue weighted by Crippen LogP contribution is -1.78. The van der Waals surface area contributed by atoms with Gasteiger partial charge in [-0.1, -0.05) is 19.1 Å². The molecule has 2 heteroatoms. The molecule has 16 heavy (non-hydrogen) atoms. The Morgan fingerprint density at radius 3 is 2.44 bits per heavy atom. The first-order valence-electron chi connectivity index (χ1n) is 5.47. The van der Waals surface area contributed by atoms with Crippen molar-refractivity contribution in [2.45, 2.75) is 20.3 Å². The van der Waals surface area contributed by atoms with E-state index in [9.17, 15) is 0 Å². The molecular weight excluding hydrogens is 198 g/mol. The predicted molar refractivity (Wildman–Crippen MR) is 66.5 cm³/mol. The Morgan fingerprint density at radius 1 is 1.12 bits per heavy atom. The number of nitrogens with zero attached hydrogens (tertiary/aromatic N) is 1. The van der Waals surface area contributed by atoms with Crippen LogP contribution in [0.4, 0.5) is 5.69 Å². The third kappa shape index (κ3) is 2.60. The van der Waals surface area contributed by atoms with Gasteiger partial charge in [-0.3, -0.25) is 4.99 Å². The zero-order chi connectivity index (χ0) is 11.4. The molecule has 0 amide bonds. The van der Waals surface area contributed by atoms with Crippen molar-refractivity contribution in [2.24, 2.45) is 4.99 Å². The van der Waals surface area contributed by atoms with Gasteiger partial charge >= 0.3 is 0 Å². The van der Waals surface area contributed by atoms with Gasteiger partial charge in [0.15, 0.2) is 0 Å². The minimum absolute atomic E-state index is 0.789. The van der Waals surface area contributed by atoms with Crippen LogP contribution in [-0.2, 0) is 6.42 Å². The first kappa shape index (κ1) is 10.7. The van der Waals surface area contributed by atoms with Crippen molar-refractivity contribution in [2.75, 3.05) is 0 Å². The molecule has 0 aliphatic rings. The van der Waals surface area contributed by atoms with Crippen LogP contribution in [0.25, 0.3) is 0 Å². The molecule has 2 aromatic rings. The second kappa shape index (κ2) is 4.79. The molecule has 1 aromatic carbocycles. The number of furan rings is 1.